The maximum absolute atomic E-state index is 6.16. The van der Waals surface area contributed by atoms with Gasteiger partial charge in [0.25, 0.3) is 0 Å². The normalized spacial score (nSPS) is 30.6. The van der Waals surface area contributed by atoms with Gasteiger partial charge < -0.3 is 14.8 Å². The van der Waals surface area contributed by atoms with Gasteiger partial charge in [0.05, 0.1) is 24.4 Å². The van der Waals surface area contributed by atoms with Gasteiger partial charge in [0.1, 0.15) is 0 Å². The predicted octanol–water partition coefficient (Wildman–Crippen LogP) is 2.03. The second kappa shape index (κ2) is 5.56. The summed E-state index contributed by atoms with van der Waals surface area (Å²) < 4.78 is 11.6. The molecule has 2 fully saturated rings. The molecule has 0 spiro atoms. The van der Waals surface area contributed by atoms with Crippen LogP contribution < -0.4 is 5.32 Å². The molecule has 0 bridgehead atoms. The number of rotatable bonds is 4. The van der Waals surface area contributed by atoms with E-state index in [-0.39, 0.29) is 16.7 Å². The summed E-state index contributed by atoms with van der Waals surface area (Å²) in [6.07, 6.45) is 1.07. The van der Waals surface area contributed by atoms with Gasteiger partial charge in [-0.05, 0) is 48.0 Å². The molecule has 1 unspecified atom stereocenters. The first-order chi connectivity index (χ1) is 9.12. The molecule has 2 heterocycles. The van der Waals surface area contributed by atoms with Gasteiger partial charge in [0, 0.05) is 31.2 Å². The van der Waals surface area contributed by atoms with Crippen molar-refractivity contribution in [2.24, 2.45) is 0 Å². The lowest BCUT2D eigenvalue weighted by atomic mass is 9.93. The topological polar surface area (TPSA) is 33.7 Å². The molecule has 0 radical (unpaired) electrons. The summed E-state index contributed by atoms with van der Waals surface area (Å²) in [6, 6.07) is 0.415. The lowest BCUT2D eigenvalue weighted by Crippen LogP contribution is -2.57. The Bertz CT molecular complexity index is 333. The van der Waals surface area contributed by atoms with Crippen molar-refractivity contribution in [3.63, 3.8) is 0 Å². The first-order valence-corrected chi connectivity index (χ1v) is 7.89. The minimum atomic E-state index is -0.0927. The largest absolute Gasteiger partial charge is 0.379 e. The quantitative estimate of drug-likeness (QED) is 0.856. The number of morpholine rings is 1. The second-order valence-electron chi connectivity index (χ2n) is 8.01. The summed E-state index contributed by atoms with van der Waals surface area (Å²) in [5.41, 5.74) is 0.0431. The number of ether oxygens (including phenoxy) is 2. The SMILES string of the molecule is CC1(C)CC(NCC(C)(C)N2CCOCC2)C(C)(C)O1. The molecular formula is C16H32N2O2. The molecule has 1 atom stereocenters. The maximum Gasteiger partial charge on any atom is 0.0787 e. The third-order valence-corrected chi connectivity index (χ3v) is 4.72. The van der Waals surface area contributed by atoms with E-state index in [1.165, 1.54) is 0 Å². The highest BCUT2D eigenvalue weighted by molar-refractivity contribution is 5.00. The van der Waals surface area contributed by atoms with Crippen LogP contribution in [0, 0.1) is 0 Å². The first-order valence-electron chi connectivity index (χ1n) is 7.89. The van der Waals surface area contributed by atoms with E-state index in [1.54, 1.807) is 0 Å². The molecule has 2 rings (SSSR count). The molecule has 2 aliphatic rings. The van der Waals surface area contributed by atoms with Crippen molar-refractivity contribution >= 4 is 0 Å². The van der Waals surface area contributed by atoms with Crippen molar-refractivity contribution in [2.75, 3.05) is 32.8 Å². The van der Waals surface area contributed by atoms with Crippen LogP contribution in [0.3, 0.4) is 0 Å². The van der Waals surface area contributed by atoms with E-state index in [4.69, 9.17) is 9.47 Å². The van der Waals surface area contributed by atoms with Crippen LogP contribution in [0.5, 0.6) is 0 Å². The fourth-order valence-electron chi connectivity index (χ4n) is 3.53. The van der Waals surface area contributed by atoms with E-state index < -0.39 is 0 Å². The van der Waals surface area contributed by atoms with Crippen molar-refractivity contribution < 1.29 is 9.47 Å². The summed E-state index contributed by atoms with van der Waals surface area (Å²) in [6.45, 7) is 18.2. The van der Waals surface area contributed by atoms with Gasteiger partial charge in [0.2, 0.25) is 0 Å². The minimum Gasteiger partial charge on any atom is -0.379 e. The van der Waals surface area contributed by atoms with Crippen LogP contribution in [-0.2, 0) is 9.47 Å². The summed E-state index contributed by atoms with van der Waals surface area (Å²) in [4.78, 5) is 2.53. The zero-order valence-electron chi connectivity index (χ0n) is 14.1. The van der Waals surface area contributed by atoms with E-state index in [9.17, 15) is 0 Å². The third-order valence-electron chi connectivity index (χ3n) is 4.72. The molecule has 0 amide bonds. The van der Waals surface area contributed by atoms with Crippen LogP contribution in [0.25, 0.3) is 0 Å². The Labute approximate surface area is 124 Å². The van der Waals surface area contributed by atoms with Gasteiger partial charge in [-0.25, -0.2) is 0 Å². The van der Waals surface area contributed by atoms with Crippen LogP contribution in [0.4, 0.5) is 0 Å². The summed E-state index contributed by atoms with van der Waals surface area (Å²) in [7, 11) is 0. The Balaban J connectivity index is 1.90. The van der Waals surface area contributed by atoms with E-state index in [0.717, 1.165) is 39.3 Å². The lowest BCUT2D eigenvalue weighted by molar-refractivity contribution is -0.0709. The molecule has 0 saturated carbocycles. The van der Waals surface area contributed by atoms with Crippen molar-refractivity contribution in [2.45, 2.75) is 70.7 Å². The Morgan fingerprint density at radius 2 is 1.75 bits per heavy atom. The third kappa shape index (κ3) is 3.73. The molecule has 0 aliphatic carbocycles. The average molecular weight is 284 g/mol. The molecule has 0 aromatic carbocycles. The van der Waals surface area contributed by atoms with E-state index in [1.807, 2.05) is 0 Å². The highest BCUT2D eigenvalue weighted by atomic mass is 16.5. The Hall–Kier alpha value is -0.160. The Kier molecular flexibility index (Phi) is 4.51. The molecular weight excluding hydrogens is 252 g/mol. The van der Waals surface area contributed by atoms with Gasteiger partial charge in [-0.1, -0.05) is 0 Å². The molecule has 118 valence electrons. The van der Waals surface area contributed by atoms with Gasteiger partial charge >= 0.3 is 0 Å². The second-order valence-corrected chi connectivity index (χ2v) is 8.01. The number of nitrogens with one attached hydrogen (secondary N) is 1. The van der Waals surface area contributed by atoms with Crippen molar-refractivity contribution in [1.82, 2.24) is 10.2 Å². The zero-order chi connectivity index (χ0) is 15.0. The van der Waals surface area contributed by atoms with Crippen LogP contribution in [0.15, 0.2) is 0 Å². The summed E-state index contributed by atoms with van der Waals surface area (Å²) >= 11 is 0. The lowest BCUT2D eigenvalue weighted by Gasteiger charge is -2.42. The summed E-state index contributed by atoms with van der Waals surface area (Å²) in [5, 5.41) is 3.76. The number of hydrogen-bond donors (Lipinski definition) is 1. The van der Waals surface area contributed by atoms with Gasteiger partial charge in [-0.15, -0.1) is 0 Å². The smallest absolute Gasteiger partial charge is 0.0787 e. The first kappa shape index (κ1) is 16.2. The number of hydrogen-bond acceptors (Lipinski definition) is 4. The van der Waals surface area contributed by atoms with Crippen LogP contribution >= 0.6 is 0 Å². The molecule has 0 aromatic heterocycles. The molecule has 4 heteroatoms. The zero-order valence-corrected chi connectivity index (χ0v) is 14.1. The fourth-order valence-corrected chi connectivity index (χ4v) is 3.53. The van der Waals surface area contributed by atoms with E-state index in [2.05, 4.69) is 51.8 Å². The molecule has 20 heavy (non-hydrogen) atoms. The van der Waals surface area contributed by atoms with Crippen LogP contribution in [0.1, 0.15) is 48.0 Å². The van der Waals surface area contributed by atoms with E-state index in [0.29, 0.717) is 6.04 Å². The fraction of sp³-hybridized carbons (Fsp3) is 1.00. The molecule has 1 N–H and O–H groups in total. The standard InChI is InChI=1S/C16H32N2O2/c1-14(2,18-7-9-19-10-8-18)12-17-13-11-15(3,4)20-16(13,5)6/h13,17H,7-12H2,1-6H3. The van der Waals surface area contributed by atoms with Crippen molar-refractivity contribution in [3.8, 4) is 0 Å². The molecule has 2 saturated heterocycles. The van der Waals surface area contributed by atoms with Gasteiger partial charge in [0.15, 0.2) is 0 Å². The molecule has 0 aromatic rings. The highest BCUT2D eigenvalue weighted by Crippen LogP contribution is 2.37. The summed E-state index contributed by atoms with van der Waals surface area (Å²) in [5.74, 6) is 0. The predicted molar refractivity (Wildman–Crippen MR) is 82.1 cm³/mol. The van der Waals surface area contributed by atoms with Gasteiger partial charge in [-0.2, -0.15) is 0 Å². The maximum atomic E-state index is 6.16. The number of nitrogens with zero attached hydrogens (tertiary/aromatic N) is 1. The molecule has 4 nitrogen and oxygen atoms in total. The Morgan fingerprint density at radius 3 is 2.25 bits per heavy atom. The highest BCUT2D eigenvalue weighted by Gasteiger charge is 2.46. The monoisotopic (exact) mass is 284 g/mol. The minimum absolute atomic E-state index is 0.0235. The molecule has 2 aliphatic heterocycles. The van der Waals surface area contributed by atoms with E-state index >= 15 is 0 Å². The van der Waals surface area contributed by atoms with Crippen molar-refractivity contribution in [1.29, 1.82) is 0 Å². The Morgan fingerprint density at radius 1 is 1.15 bits per heavy atom. The van der Waals surface area contributed by atoms with Gasteiger partial charge in [-0.3, -0.25) is 4.90 Å². The van der Waals surface area contributed by atoms with Crippen LogP contribution in [-0.4, -0.2) is 60.5 Å². The van der Waals surface area contributed by atoms with Crippen molar-refractivity contribution in [3.05, 3.63) is 0 Å². The average Bonchev–Trinajstić information content (AvgIpc) is 2.55. The van der Waals surface area contributed by atoms with Crippen LogP contribution in [0.2, 0.25) is 0 Å².